The predicted octanol–water partition coefficient (Wildman–Crippen LogP) is 5.11. The lowest BCUT2D eigenvalue weighted by Crippen LogP contribution is -2.32. The van der Waals surface area contributed by atoms with Crippen molar-refractivity contribution in [2.24, 2.45) is 7.05 Å². The van der Waals surface area contributed by atoms with Crippen LogP contribution in [-0.4, -0.2) is 31.7 Å². The number of halogens is 2. The SMILES string of the molecule is Cc1cccc(CN(Cc2ccc(C(=O)O)cc2F)C(=O)c2nn(C)c3c2COc2ccc(F)cc2-3)c1. The van der Waals surface area contributed by atoms with Gasteiger partial charge in [-0.15, -0.1) is 0 Å². The number of aromatic carboxylic acids is 1. The van der Waals surface area contributed by atoms with Crippen molar-refractivity contribution in [2.45, 2.75) is 26.6 Å². The highest BCUT2D eigenvalue weighted by molar-refractivity contribution is 5.96. The Balaban J connectivity index is 1.55. The fraction of sp³-hybridized carbons (Fsp3) is 0.179. The van der Waals surface area contributed by atoms with E-state index in [9.17, 15) is 18.4 Å². The number of hydrogen-bond donors (Lipinski definition) is 1. The maximum atomic E-state index is 14.8. The third kappa shape index (κ3) is 4.67. The Morgan fingerprint density at radius 2 is 1.89 bits per heavy atom. The van der Waals surface area contributed by atoms with Gasteiger partial charge in [-0.25, -0.2) is 13.6 Å². The number of aryl methyl sites for hydroxylation is 2. The fourth-order valence-corrected chi connectivity index (χ4v) is 4.57. The quantitative estimate of drug-likeness (QED) is 0.396. The number of carboxylic acid groups (broad SMARTS) is 1. The van der Waals surface area contributed by atoms with Gasteiger partial charge in [-0.3, -0.25) is 9.48 Å². The summed E-state index contributed by atoms with van der Waals surface area (Å²) in [6.45, 7) is 2.06. The van der Waals surface area contributed by atoms with Crippen LogP contribution >= 0.6 is 0 Å². The lowest BCUT2D eigenvalue weighted by atomic mass is 10.0. The molecular weight excluding hydrogens is 480 g/mol. The Bertz CT molecular complexity index is 1550. The summed E-state index contributed by atoms with van der Waals surface area (Å²) in [5.74, 6) is -2.37. The molecule has 188 valence electrons. The molecule has 1 amide bonds. The van der Waals surface area contributed by atoms with Crippen LogP contribution in [0.5, 0.6) is 5.75 Å². The number of amides is 1. The van der Waals surface area contributed by atoms with Crippen LogP contribution in [0.4, 0.5) is 8.78 Å². The van der Waals surface area contributed by atoms with E-state index >= 15 is 0 Å². The first-order chi connectivity index (χ1) is 17.7. The average Bonchev–Trinajstić information content (AvgIpc) is 3.21. The van der Waals surface area contributed by atoms with Crippen LogP contribution in [0.3, 0.4) is 0 Å². The van der Waals surface area contributed by atoms with Gasteiger partial charge in [-0.1, -0.05) is 35.9 Å². The molecule has 2 heterocycles. The number of carbonyl (C=O) groups excluding carboxylic acids is 1. The summed E-state index contributed by atoms with van der Waals surface area (Å²) >= 11 is 0. The second-order valence-electron chi connectivity index (χ2n) is 8.99. The molecule has 1 aromatic heterocycles. The van der Waals surface area contributed by atoms with Crippen molar-refractivity contribution in [1.82, 2.24) is 14.7 Å². The average molecular weight is 504 g/mol. The highest BCUT2D eigenvalue weighted by Gasteiger charge is 2.31. The molecule has 0 aliphatic carbocycles. The number of carboxylic acids is 1. The molecule has 4 aromatic rings. The summed E-state index contributed by atoms with van der Waals surface area (Å²) in [7, 11) is 1.67. The maximum absolute atomic E-state index is 14.8. The van der Waals surface area contributed by atoms with E-state index < -0.39 is 23.5 Å². The van der Waals surface area contributed by atoms with Crippen molar-refractivity contribution in [3.05, 3.63) is 106 Å². The van der Waals surface area contributed by atoms with Crippen molar-refractivity contribution in [1.29, 1.82) is 0 Å². The number of carbonyl (C=O) groups is 2. The molecule has 37 heavy (non-hydrogen) atoms. The number of nitrogens with zero attached hydrogens (tertiary/aromatic N) is 3. The molecule has 0 saturated carbocycles. The van der Waals surface area contributed by atoms with Crippen molar-refractivity contribution in [3.63, 3.8) is 0 Å². The minimum atomic E-state index is -1.24. The van der Waals surface area contributed by atoms with Crippen LogP contribution in [0.25, 0.3) is 11.3 Å². The fourth-order valence-electron chi connectivity index (χ4n) is 4.57. The first-order valence-corrected chi connectivity index (χ1v) is 11.6. The van der Waals surface area contributed by atoms with E-state index in [2.05, 4.69) is 5.10 Å². The van der Waals surface area contributed by atoms with Gasteiger partial charge in [0.15, 0.2) is 5.69 Å². The van der Waals surface area contributed by atoms with E-state index in [1.165, 1.54) is 39.9 Å². The number of fused-ring (bicyclic) bond motifs is 3. The smallest absolute Gasteiger partial charge is 0.335 e. The van der Waals surface area contributed by atoms with E-state index in [1.807, 2.05) is 31.2 Å². The van der Waals surface area contributed by atoms with Gasteiger partial charge >= 0.3 is 5.97 Å². The summed E-state index contributed by atoms with van der Waals surface area (Å²) in [6, 6.07) is 15.4. The molecule has 1 aliphatic rings. The van der Waals surface area contributed by atoms with E-state index in [0.29, 0.717) is 22.6 Å². The van der Waals surface area contributed by atoms with Crippen LogP contribution < -0.4 is 4.74 Å². The van der Waals surface area contributed by atoms with Gasteiger partial charge < -0.3 is 14.7 Å². The Hall–Kier alpha value is -4.53. The van der Waals surface area contributed by atoms with Gasteiger partial charge in [0.05, 0.1) is 11.3 Å². The van der Waals surface area contributed by atoms with Crippen molar-refractivity contribution in [2.75, 3.05) is 0 Å². The molecule has 0 radical (unpaired) electrons. The molecule has 0 saturated heterocycles. The lowest BCUT2D eigenvalue weighted by molar-refractivity contribution is 0.0691. The molecular formula is C28H23F2N3O4. The van der Waals surface area contributed by atoms with Crippen LogP contribution in [0.2, 0.25) is 0 Å². The molecule has 7 nitrogen and oxygen atoms in total. The van der Waals surface area contributed by atoms with E-state index in [-0.39, 0.29) is 36.5 Å². The lowest BCUT2D eigenvalue weighted by Gasteiger charge is -2.24. The molecule has 0 atom stereocenters. The van der Waals surface area contributed by atoms with Gasteiger partial charge in [-0.2, -0.15) is 5.10 Å². The Kier molecular flexibility index (Phi) is 6.20. The molecule has 0 spiro atoms. The summed E-state index contributed by atoms with van der Waals surface area (Å²) in [5, 5.41) is 13.6. The molecule has 0 unspecified atom stereocenters. The topological polar surface area (TPSA) is 84.7 Å². The van der Waals surface area contributed by atoms with Crippen molar-refractivity contribution in [3.8, 4) is 17.0 Å². The zero-order valence-electron chi connectivity index (χ0n) is 20.2. The van der Waals surface area contributed by atoms with Gasteiger partial charge in [0.1, 0.15) is 24.0 Å². The van der Waals surface area contributed by atoms with Gasteiger partial charge in [-0.05, 0) is 42.8 Å². The van der Waals surface area contributed by atoms with E-state index in [4.69, 9.17) is 9.84 Å². The van der Waals surface area contributed by atoms with Gasteiger partial charge in [0, 0.05) is 36.8 Å². The van der Waals surface area contributed by atoms with Crippen LogP contribution in [0.1, 0.15) is 43.1 Å². The Labute approximate surface area is 211 Å². The molecule has 0 fully saturated rings. The number of aromatic nitrogens is 2. The molecule has 3 aromatic carbocycles. The largest absolute Gasteiger partial charge is 0.488 e. The Morgan fingerprint density at radius 1 is 1.08 bits per heavy atom. The number of rotatable bonds is 6. The second-order valence-corrected chi connectivity index (χ2v) is 8.99. The standard InChI is InChI=1S/C28H23F2N3O4/c1-16-4-3-5-17(10-16)13-33(14-19-7-6-18(28(35)36)11-23(19)30)27(34)25-22-15-37-24-9-8-20(29)12-21(24)26(22)32(2)31-25/h3-12H,13-15H2,1-2H3,(H,35,36). The highest BCUT2D eigenvalue weighted by Crippen LogP contribution is 2.39. The van der Waals surface area contributed by atoms with Crippen molar-refractivity contribution >= 4 is 11.9 Å². The third-order valence-corrected chi connectivity index (χ3v) is 6.32. The van der Waals surface area contributed by atoms with E-state index in [0.717, 1.165) is 17.2 Å². The molecule has 9 heteroatoms. The van der Waals surface area contributed by atoms with Crippen molar-refractivity contribution < 1.29 is 28.2 Å². The number of hydrogen-bond acceptors (Lipinski definition) is 4. The first kappa shape index (κ1) is 24.2. The minimum absolute atomic E-state index is 0.0723. The normalized spacial score (nSPS) is 11.9. The van der Waals surface area contributed by atoms with Crippen LogP contribution in [0, 0.1) is 18.6 Å². The minimum Gasteiger partial charge on any atom is -0.488 e. The summed E-state index contributed by atoms with van der Waals surface area (Å²) < 4.78 is 36.2. The first-order valence-electron chi connectivity index (χ1n) is 11.6. The zero-order valence-corrected chi connectivity index (χ0v) is 20.2. The van der Waals surface area contributed by atoms with Crippen LogP contribution in [0.15, 0.2) is 60.7 Å². The monoisotopic (exact) mass is 503 g/mol. The zero-order chi connectivity index (χ0) is 26.3. The highest BCUT2D eigenvalue weighted by atomic mass is 19.1. The van der Waals surface area contributed by atoms with Gasteiger partial charge in [0.25, 0.3) is 5.91 Å². The van der Waals surface area contributed by atoms with Gasteiger partial charge in [0.2, 0.25) is 0 Å². The summed E-state index contributed by atoms with van der Waals surface area (Å²) in [4.78, 5) is 26.6. The molecule has 0 bridgehead atoms. The molecule has 1 N–H and O–H groups in total. The third-order valence-electron chi connectivity index (χ3n) is 6.32. The second kappa shape index (κ2) is 9.50. The van der Waals surface area contributed by atoms with Crippen LogP contribution in [-0.2, 0) is 26.7 Å². The number of ether oxygens (including phenoxy) is 1. The summed E-state index contributed by atoms with van der Waals surface area (Å²) in [5.41, 5.74) is 3.55. The summed E-state index contributed by atoms with van der Waals surface area (Å²) in [6.07, 6.45) is 0. The predicted molar refractivity (Wildman–Crippen MR) is 131 cm³/mol. The van der Waals surface area contributed by atoms with E-state index in [1.54, 1.807) is 7.05 Å². The molecule has 5 rings (SSSR count). The number of benzene rings is 3. The maximum Gasteiger partial charge on any atom is 0.335 e. The molecule has 1 aliphatic heterocycles. The Morgan fingerprint density at radius 3 is 2.62 bits per heavy atom.